The van der Waals surface area contributed by atoms with Gasteiger partial charge in [0.25, 0.3) is 5.91 Å². The zero-order valence-corrected chi connectivity index (χ0v) is 10.9. The maximum absolute atomic E-state index is 11.8. The predicted molar refractivity (Wildman–Crippen MR) is 70.5 cm³/mol. The van der Waals surface area contributed by atoms with Gasteiger partial charge in [-0.1, -0.05) is 0 Å². The van der Waals surface area contributed by atoms with Gasteiger partial charge >= 0.3 is 5.97 Å². The molecule has 1 rings (SSSR count). The Kier molecular flexibility index (Phi) is 4.61. The Morgan fingerprint density at radius 1 is 1.10 bits per heavy atom. The molecule has 6 heteroatoms. The quantitative estimate of drug-likeness (QED) is 0.812. The number of carboxylic acids is 1. The molecule has 0 aliphatic carbocycles. The lowest BCUT2D eigenvalue weighted by atomic mass is 10.1. The highest BCUT2D eigenvalue weighted by molar-refractivity contribution is 6.08. The maximum atomic E-state index is 11.8. The van der Waals surface area contributed by atoms with E-state index in [4.69, 9.17) is 15.6 Å². The van der Waals surface area contributed by atoms with Crippen LogP contribution in [0.1, 0.15) is 25.0 Å². The Morgan fingerprint density at radius 3 is 2.20 bits per heavy atom. The Morgan fingerprint density at radius 2 is 1.70 bits per heavy atom. The Bertz CT molecular complexity index is 691. The van der Waals surface area contributed by atoms with E-state index in [2.05, 4.69) is 5.32 Å². The highest BCUT2D eigenvalue weighted by Gasteiger charge is 2.13. The molecule has 1 aromatic rings. The van der Waals surface area contributed by atoms with E-state index in [1.165, 1.54) is 32.0 Å². The fraction of sp³-hybridized carbons (Fsp3) is 0.143. The number of nitriles is 2. The molecule has 0 unspecified atom stereocenters. The van der Waals surface area contributed by atoms with Gasteiger partial charge in [-0.25, -0.2) is 4.79 Å². The van der Waals surface area contributed by atoms with Crippen LogP contribution in [0.15, 0.2) is 29.3 Å². The van der Waals surface area contributed by atoms with Crippen LogP contribution in [0, 0.1) is 22.7 Å². The second-order valence-corrected chi connectivity index (χ2v) is 3.99. The Hall–Kier alpha value is -3.12. The summed E-state index contributed by atoms with van der Waals surface area (Å²) in [6.45, 7) is 2.73. The average Bonchev–Trinajstić information content (AvgIpc) is 2.45. The number of carboxylic acid groups (broad SMARTS) is 1. The van der Waals surface area contributed by atoms with Gasteiger partial charge < -0.3 is 10.4 Å². The van der Waals surface area contributed by atoms with Crippen LogP contribution in [0.4, 0.5) is 5.69 Å². The summed E-state index contributed by atoms with van der Waals surface area (Å²) in [4.78, 5) is 22.6. The molecule has 20 heavy (non-hydrogen) atoms. The number of carbonyl (C=O) groups is 2. The van der Waals surface area contributed by atoms with Gasteiger partial charge in [0, 0.05) is 16.8 Å². The molecule has 0 atom stereocenters. The number of hydrogen-bond acceptors (Lipinski definition) is 4. The lowest BCUT2D eigenvalue weighted by Crippen LogP contribution is -2.16. The van der Waals surface area contributed by atoms with E-state index in [9.17, 15) is 9.59 Å². The molecule has 0 spiro atoms. The molecule has 1 aromatic carbocycles. The molecule has 0 radical (unpaired) electrons. The van der Waals surface area contributed by atoms with Gasteiger partial charge in [0.2, 0.25) is 0 Å². The minimum absolute atomic E-state index is 0.0587. The summed E-state index contributed by atoms with van der Waals surface area (Å²) in [6.07, 6.45) is 0. The molecule has 100 valence electrons. The van der Waals surface area contributed by atoms with Crippen LogP contribution >= 0.6 is 0 Å². The minimum Gasteiger partial charge on any atom is -0.478 e. The van der Waals surface area contributed by atoms with Crippen LogP contribution in [-0.2, 0) is 9.59 Å². The Labute approximate surface area is 115 Å². The molecule has 0 aromatic heterocycles. The van der Waals surface area contributed by atoms with Gasteiger partial charge in [-0.3, -0.25) is 4.79 Å². The molecule has 6 nitrogen and oxygen atoms in total. The van der Waals surface area contributed by atoms with Crippen molar-refractivity contribution in [2.75, 3.05) is 5.32 Å². The summed E-state index contributed by atoms with van der Waals surface area (Å²) < 4.78 is 0. The van der Waals surface area contributed by atoms with Crippen molar-refractivity contribution in [1.82, 2.24) is 0 Å². The zero-order valence-electron chi connectivity index (χ0n) is 10.9. The summed E-state index contributed by atoms with van der Waals surface area (Å²) in [5.41, 5.74) is 0.682. The zero-order chi connectivity index (χ0) is 15.3. The highest BCUT2D eigenvalue weighted by Crippen LogP contribution is 2.16. The molecule has 0 aliphatic rings. The Balaban J connectivity index is 3.05. The fourth-order valence-corrected chi connectivity index (χ4v) is 1.37. The largest absolute Gasteiger partial charge is 0.478 e. The summed E-state index contributed by atoms with van der Waals surface area (Å²) in [5, 5.41) is 28.9. The standard InChI is InChI=1S/C14H11N3O3/c1-8(9(2)14(19)20)13(18)17-12-4-3-10(6-15)11(5-12)7-16/h3-5H,1-2H3,(H,17,18)(H,19,20)/b9-8+. The maximum Gasteiger partial charge on any atom is 0.331 e. The predicted octanol–water partition coefficient (Wildman–Crippen LogP) is 1.79. The van der Waals surface area contributed by atoms with Gasteiger partial charge in [-0.05, 0) is 32.0 Å². The third-order valence-electron chi connectivity index (χ3n) is 2.74. The number of benzene rings is 1. The number of hydrogen-bond donors (Lipinski definition) is 2. The second kappa shape index (κ2) is 6.17. The van der Waals surface area contributed by atoms with E-state index < -0.39 is 11.9 Å². The molecule has 0 fully saturated rings. The normalized spacial score (nSPS) is 10.8. The monoisotopic (exact) mass is 269 g/mol. The first-order chi connectivity index (χ1) is 9.40. The van der Waals surface area contributed by atoms with Crippen LogP contribution in [0.25, 0.3) is 0 Å². The summed E-state index contributed by atoms with van der Waals surface area (Å²) >= 11 is 0. The third kappa shape index (κ3) is 3.21. The van der Waals surface area contributed by atoms with E-state index in [0.29, 0.717) is 5.69 Å². The van der Waals surface area contributed by atoms with Crippen molar-refractivity contribution in [2.45, 2.75) is 13.8 Å². The van der Waals surface area contributed by atoms with E-state index in [1.54, 1.807) is 0 Å². The lowest BCUT2D eigenvalue weighted by molar-refractivity contribution is -0.133. The topological polar surface area (TPSA) is 114 Å². The second-order valence-electron chi connectivity index (χ2n) is 3.99. The molecule has 0 heterocycles. The first kappa shape index (κ1) is 14.9. The van der Waals surface area contributed by atoms with Gasteiger partial charge in [0.15, 0.2) is 0 Å². The third-order valence-corrected chi connectivity index (χ3v) is 2.74. The molecule has 0 aliphatic heterocycles. The van der Waals surface area contributed by atoms with Crippen molar-refractivity contribution in [3.05, 3.63) is 40.5 Å². The fourth-order valence-electron chi connectivity index (χ4n) is 1.37. The van der Waals surface area contributed by atoms with Crippen molar-refractivity contribution in [3.63, 3.8) is 0 Å². The van der Waals surface area contributed by atoms with Crippen LogP contribution in [0.2, 0.25) is 0 Å². The van der Waals surface area contributed by atoms with Crippen molar-refractivity contribution >= 4 is 17.6 Å². The first-order valence-corrected chi connectivity index (χ1v) is 5.57. The van der Waals surface area contributed by atoms with Crippen LogP contribution in [-0.4, -0.2) is 17.0 Å². The van der Waals surface area contributed by atoms with Gasteiger partial charge in [0.05, 0.1) is 11.1 Å². The van der Waals surface area contributed by atoms with Crippen LogP contribution in [0.5, 0.6) is 0 Å². The van der Waals surface area contributed by atoms with Crippen LogP contribution in [0.3, 0.4) is 0 Å². The van der Waals surface area contributed by atoms with Gasteiger partial charge in [-0.15, -0.1) is 0 Å². The smallest absolute Gasteiger partial charge is 0.331 e. The lowest BCUT2D eigenvalue weighted by Gasteiger charge is -2.07. The number of rotatable bonds is 3. The van der Waals surface area contributed by atoms with E-state index in [-0.39, 0.29) is 22.3 Å². The number of nitrogens with one attached hydrogen (secondary N) is 1. The van der Waals surface area contributed by atoms with E-state index in [1.807, 2.05) is 12.1 Å². The minimum atomic E-state index is -1.17. The number of carbonyl (C=O) groups excluding carboxylic acids is 1. The molecule has 0 saturated heterocycles. The van der Waals surface area contributed by atoms with Gasteiger partial charge in [0.1, 0.15) is 12.1 Å². The highest BCUT2D eigenvalue weighted by atomic mass is 16.4. The van der Waals surface area contributed by atoms with Gasteiger partial charge in [-0.2, -0.15) is 10.5 Å². The van der Waals surface area contributed by atoms with E-state index >= 15 is 0 Å². The van der Waals surface area contributed by atoms with E-state index in [0.717, 1.165) is 0 Å². The van der Waals surface area contributed by atoms with Crippen molar-refractivity contribution in [3.8, 4) is 12.1 Å². The van der Waals surface area contributed by atoms with Crippen molar-refractivity contribution in [1.29, 1.82) is 10.5 Å². The molecular formula is C14H11N3O3. The van der Waals surface area contributed by atoms with Crippen molar-refractivity contribution < 1.29 is 14.7 Å². The average molecular weight is 269 g/mol. The first-order valence-electron chi connectivity index (χ1n) is 5.57. The van der Waals surface area contributed by atoms with Crippen LogP contribution < -0.4 is 5.32 Å². The number of aliphatic carboxylic acids is 1. The molecule has 0 bridgehead atoms. The van der Waals surface area contributed by atoms with Crippen molar-refractivity contribution in [2.24, 2.45) is 0 Å². The molecule has 0 saturated carbocycles. The molecule has 2 N–H and O–H groups in total. The number of amides is 1. The molecule has 1 amide bonds. The summed E-state index contributed by atoms with van der Waals surface area (Å²) in [5.74, 6) is -1.74. The number of anilines is 1. The number of nitrogens with zero attached hydrogens (tertiary/aromatic N) is 2. The molecular weight excluding hydrogens is 258 g/mol. The SMILES string of the molecule is C/C(C(=O)O)=C(/C)C(=O)Nc1ccc(C#N)c(C#N)c1. The summed E-state index contributed by atoms with van der Waals surface area (Å²) in [7, 11) is 0. The summed E-state index contributed by atoms with van der Waals surface area (Å²) in [6, 6.07) is 7.96.